The maximum absolute atomic E-state index is 12.6. The smallest absolute Gasteiger partial charge is 0.224 e. The monoisotopic (exact) mass is 405 g/mol. The van der Waals surface area contributed by atoms with Gasteiger partial charge < -0.3 is 23.9 Å². The Kier molecular flexibility index (Phi) is 6.05. The van der Waals surface area contributed by atoms with Gasteiger partial charge in [0.1, 0.15) is 5.75 Å². The van der Waals surface area contributed by atoms with Gasteiger partial charge in [-0.3, -0.25) is 4.79 Å². The highest BCUT2D eigenvalue weighted by molar-refractivity contribution is 5.89. The number of para-hydroxylation sites is 1. The fraction of sp³-hybridized carbons (Fsp3) is 0.292. The van der Waals surface area contributed by atoms with Crippen LogP contribution in [-0.2, 0) is 29.0 Å². The minimum atomic E-state index is 0.0303. The van der Waals surface area contributed by atoms with Crippen LogP contribution in [0.15, 0.2) is 60.9 Å². The van der Waals surface area contributed by atoms with Crippen molar-refractivity contribution in [2.45, 2.75) is 19.5 Å². The van der Waals surface area contributed by atoms with E-state index in [4.69, 9.17) is 9.47 Å². The van der Waals surface area contributed by atoms with Crippen LogP contribution in [0.4, 0.5) is 0 Å². The van der Waals surface area contributed by atoms with E-state index in [1.54, 1.807) is 14.2 Å². The molecule has 1 amide bonds. The Balaban J connectivity index is 1.38. The molecule has 0 unspecified atom stereocenters. The molecule has 156 valence electrons. The number of benzene rings is 2. The van der Waals surface area contributed by atoms with Crippen LogP contribution < -0.4 is 10.1 Å². The summed E-state index contributed by atoms with van der Waals surface area (Å²) in [5, 5.41) is 5.30. The number of methoxy groups -OCH3 is 2. The number of fused-ring (bicyclic) bond motifs is 2. The summed E-state index contributed by atoms with van der Waals surface area (Å²) < 4.78 is 14.8. The van der Waals surface area contributed by atoms with Crippen molar-refractivity contribution < 1.29 is 14.3 Å². The molecule has 0 radical (unpaired) electrons. The molecule has 6 nitrogen and oxygen atoms in total. The minimum absolute atomic E-state index is 0.0303. The van der Waals surface area contributed by atoms with Crippen molar-refractivity contribution in [2.24, 2.45) is 0 Å². The average Bonchev–Trinajstić information content (AvgIpc) is 3.33. The fourth-order valence-corrected chi connectivity index (χ4v) is 3.89. The third kappa shape index (κ3) is 4.19. The number of aromatic nitrogens is 2. The van der Waals surface area contributed by atoms with E-state index in [1.807, 2.05) is 36.5 Å². The Morgan fingerprint density at radius 2 is 1.87 bits per heavy atom. The van der Waals surface area contributed by atoms with Crippen LogP contribution in [0.3, 0.4) is 0 Å². The lowest BCUT2D eigenvalue weighted by atomic mass is 10.1. The molecule has 4 aromatic rings. The Morgan fingerprint density at radius 1 is 1.00 bits per heavy atom. The van der Waals surface area contributed by atoms with Gasteiger partial charge in [-0.25, -0.2) is 0 Å². The van der Waals surface area contributed by atoms with Crippen molar-refractivity contribution in [2.75, 3.05) is 27.4 Å². The van der Waals surface area contributed by atoms with Crippen LogP contribution in [-0.4, -0.2) is 42.4 Å². The number of carbonyl (C=O) groups is 1. The molecule has 2 heterocycles. The highest BCUT2D eigenvalue weighted by atomic mass is 16.5. The van der Waals surface area contributed by atoms with Crippen molar-refractivity contribution >= 4 is 27.7 Å². The zero-order valence-corrected chi connectivity index (χ0v) is 17.4. The Hall–Kier alpha value is -3.25. The van der Waals surface area contributed by atoms with E-state index in [0.29, 0.717) is 19.6 Å². The van der Waals surface area contributed by atoms with Crippen LogP contribution >= 0.6 is 0 Å². The van der Waals surface area contributed by atoms with Crippen LogP contribution in [0.25, 0.3) is 21.8 Å². The maximum Gasteiger partial charge on any atom is 0.224 e. The quantitative estimate of drug-likeness (QED) is 0.463. The van der Waals surface area contributed by atoms with E-state index in [2.05, 4.69) is 38.8 Å². The molecule has 0 aliphatic heterocycles. The van der Waals surface area contributed by atoms with Crippen molar-refractivity contribution in [3.05, 3.63) is 66.5 Å². The molecule has 2 aromatic heterocycles. The van der Waals surface area contributed by atoms with Gasteiger partial charge in [-0.05, 0) is 35.9 Å². The zero-order chi connectivity index (χ0) is 20.9. The molecule has 4 rings (SSSR count). The summed E-state index contributed by atoms with van der Waals surface area (Å²) in [5.41, 5.74) is 3.30. The summed E-state index contributed by atoms with van der Waals surface area (Å²) in [7, 11) is 3.37. The second-order valence-corrected chi connectivity index (χ2v) is 7.32. The predicted octanol–water partition coefficient (Wildman–Crippen LogP) is 3.61. The summed E-state index contributed by atoms with van der Waals surface area (Å²) in [6, 6.07) is 16.3. The number of rotatable bonds is 9. The number of hydrogen-bond acceptors (Lipinski definition) is 3. The average molecular weight is 405 g/mol. The molecule has 0 saturated heterocycles. The number of nitrogens with zero attached hydrogens (tertiary/aromatic N) is 2. The van der Waals surface area contributed by atoms with Gasteiger partial charge in [0.2, 0.25) is 5.91 Å². The van der Waals surface area contributed by atoms with E-state index < -0.39 is 0 Å². The topological polar surface area (TPSA) is 57.4 Å². The molecule has 6 heteroatoms. The van der Waals surface area contributed by atoms with E-state index in [1.165, 1.54) is 0 Å². The SMILES string of the molecule is COCCn1cc(CC(=O)NCCn2ccc3cc(OC)ccc32)c2ccccc21. The van der Waals surface area contributed by atoms with Crippen LogP contribution in [0.1, 0.15) is 5.56 Å². The first-order valence-electron chi connectivity index (χ1n) is 10.1. The van der Waals surface area contributed by atoms with Gasteiger partial charge >= 0.3 is 0 Å². The largest absolute Gasteiger partial charge is 0.497 e. The zero-order valence-electron chi connectivity index (χ0n) is 17.4. The number of ether oxygens (including phenoxy) is 2. The number of amides is 1. The molecule has 0 spiro atoms. The first-order valence-corrected chi connectivity index (χ1v) is 10.1. The van der Waals surface area contributed by atoms with Gasteiger partial charge in [-0.2, -0.15) is 0 Å². The molecule has 0 atom stereocenters. The standard InChI is InChI=1S/C24H27N3O3/c1-29-14-13-27-17-19(21-5-3-4-6-23(21)27)16-24(28)25-10-12-26-11-9-18-15-20(30-2)7-8-22(18)26/h3-9,11,15,17H,10,12-14,16H2,1-2H3,(H,25,28). The maximum atomic E-state index is 12.6. The first-order chi connectivity index (χ1) is 14.7. The number of carbonyl (C=O) groups excluding carboxylic acids is 1. The highest BCUT2D eigenvalue weighted by Crippen LogP contribution is 2.23. The third-order valence-electron chi connectivity index (χ3n) is 5.41. The van der Waals surface area contributed by atoms with Crippen LogP contribution in [0, 0.1) is 0 Å². The summed E-state index contributed by atoms with van der Waals surface area (Å²) in [6.45, 7) is 2.71. The third-order valence-corrected chi connectivity index (χ3v) is 5.41. The molecule has 0 aliphatic rings. The van der Waals surface area contributed by atoms with E-state index >= 15 is 0 Å². The Morgan fingerprint density at radius 3 is 2.70 bits per heavy atom. The molecule has 0 aliphatic carbocycles. The molecule has 2 aromatic carbocycles. The molecular weight excluding hydrogens is 378 g/mol. The fourth-order valence-electron chi connectivity index (χ4n) is 3.89. The summed E-state index contributed by atoms with van der Waals surface area (Å²) >= 11 is 0. The molecule has 1 N–H and O–H groups in total. The second kappa shape index (κ2) is 9.05. The normalized spacial score (nSPS) is 11.3. The van der Waals surface area contributed by atoms with E-state index in [-0.39, 0.29) is 5.91 Å². The van der Waals surface area contributed by atoms with Crippen molar-refractivity contribution in [1.82, 2.24) is 14.5 Å². The molecule has 0 bridgehead atoms. The van der Waals surface area contributed by atoms with Gasteiger partial charge in [0.25, 0.3) is 0 Å². The van der Waals surface area contributed by atoms with Gasteiger partial charge in [-0.1, -0.05) is 18.2 Å². The first kappa shape index (κ1) is 20.0. The molecule has 0 fully saturated rings. The lowest BCUT2D eigenvalue weighted by Gasteiger charge is -2.08. The second-order valence-electron chi connectivity index (χ2n) is 7.32. The van der Waals surface area contributed by atoms with Gasteiger partial charge in [0.05, 0.1) is 20.1 Å². The van der Waals surface area contributed by atoms with E-state index in [9.17, 15) is 4.79 Å². The minimum Gasteiger partial charge on any atom is -0.497 e. The van der Waals surface area contributed by atoms with Crippen molar-refractivity contribution in [1.29, 1.82) is 0 Å². The van der Waals surface area contributed by atoms with Gasteiger partial charge in [0.15, 0.2) is 0 Å². The molecular formula is C24H27N3O3. The van der Waals surface area contributed by atoms with E-state index in [0.717, 1.165) is 46.2 Å². The lowest BCUT2D eigenvalue weighted by molar-refractivity contribution is -0.120. The number of hydrogen-bond donors (Lipinski definition) is 1. The Bertz CT molecular complexity index is 1160. The van der Waals surface area contributed by atoms with Crippen LogP contribution in [0.5, 0.6) is 5.75 Å². The lowest BCUT2D eigenvalue weighted by Crippen LogP contribution is -2.28. The summed E-state index contributed by atoms with van der Waals surface area (Å²) in [4.78, 5) is 12.6. The van der Waals surface area contributed by atoms with Gasteiger partial charge in [0, 0.05) is 60.9 Å². The summed E-state index contributed by atoms with van der Waals surface area (Å²) in [6.07, 6.45) is 4.47. The predicted molar refractivity (Wildman–Crippen MR) is 119 cm³/mol. The number of nitrogens with one attached hydrogen (secondary N) is 1. The van der Waals surface area contributed by atoms with Gasteiger partial charge in [-0.15, -0.1) is 0 Å². The Labute approximate surface area is 176 Å². The van der Waals surface area contributed by atoms with Crippen molar-refractivity contribution in [3.63, 3.8) is 0 Å². The molecule has 0 saturated carbocycles. The van der Waals surface area contributed by atoms with Crippen molar-refractivity contribution in [3.8, 4) is 5.75 Å². The van der Waals surface area contributed by atoms with Crippen LogP contribution in [0.2, 0.25) is 0 Å². The molecule has 30 heavy (non-hydrogen) atoms. The summed E-state index contributed by atoms with van der Waals surface area (Å²) in [5.74, 6) is 0.876. The highest BCUT2D eigenvalue weighted by Gasteiger charge is 2.12.